The van der Waals surface area contributed by atoms with E-state index < -0.39 is 47.0 Å². The average molecular weight is 580 g/mol. The van der Waals surface area contributed by atoms with E-state index in [0.29, 0.717) is 13.0 Å². The number of aryl methyl sites for hydroxylation is 1. The highest BCUT2D eigenvalue weighted by Gasteiger charge is 2.63. The number of hydrogen-bond acceptors (Lipinski definition) is 5. The maximum Gasteiger partial charge on any atom is 0.416 e. The summed E-state index contributed by atoms with van der Waals surface area (Å²) in [7, 11) is 1.40. The number of rotatable bonds is 6. The number of halogens is 6. The highest BCUT2D eigenvalue weighted by atomic mass is 19.4. The van der Waals surface area contributed by atoms with E-state index in [-0.39, 0.29) is 54.2 Å². The molecule has 2 fully saturated rings. The predicted molar refractivity (Wildman–Crippen MR) is 135 cm³/mol. The molecule has 6 rings (SSSR count). The molecule has 0 spiro atoms. The Morgan fingerprint density at radius 2 is 1.88 bits per heavy atom. The molecule has 0 radical (unpaired) electrons. The molecule has 218 valence electrons. The van der Waals surface area contributed by atoms with E-state index in [0.717, 1.165) is 10.6 Å². The Morgan fingerprint density at radius 3 is 2.46 bits per heavy atom. The van der Waals surface area contributed by atoms with E-state index in [1.807, 2.05) is 0 Å². The van der Waals surface area contributed by atoms with E-state index in [2.05, 4.69) is 10.2 Å². The first kappa shape index (κ1) is 27.7. The van der Waals surface area contributed by atoms with E-state index >= 15 is 8.78 Å². The summed E-state index contributed by atoms with van der Waals surface area (Å²) in [5.41, 5.74) is -2.40. The van der Waals surface area contributed by atoms with Gasteiger partial charge in [0.05, 0.1) is 25.3 Å². The van der Waals surface area contributed by atoms with Crippen LogP contribution in [0.2, 0.25) is 0 Å². The zero-order chi connectivity index (χ0) is 29.3. The Hall–Kier alpha value is -3.45. The maximum atomic E-state index is 15.9. The molecule has 0 aliphatic carbocycles. The summed E-state index contributed by atoms with van der Waals surface area (Å²) >= 11 is 0. The molecule has 41 heavy (non-hydrogen) atoms. The van der Waals surface area contributed by atoms with Crippen molar-refractivity contribution in [2.45, 2.75) is 49.6 Å². The number of aromatic nitrogens is 3. The van der Waals surface area contributed by atoms with Crippen molar-refractivity contribution in [2.75, 3.05) is 31.2 Å². The summed E-state index contributed by atoms with van der Waals surface area (Å²) in [4.78, 5) is 16.5. The zero-order valence-corrected chi connectivity index (χ0v) is 22.3. The number of ether oxygens (including phenoxy) is 1. The molecule has 2 aromatic carbocycles. The first-order chi connectivity index (χ1) is 19.3. The molecule has 7 nitrogen and oxygen atoms in total. The van der Waals surface area contributed by atoms with Gasteiger partial charge < -0.3 is 14.2 Å². The van der Waals surface area contributed by atoms with Crippen molar-refractivity contribution in [3.63, 3.8) is 0 Å². The highest BCUT2D eigenvalue weighted by molar-refractivity contribution is 6.10. The Morgan fingerprint density at radius 1 is 1.12 bits per heavy atom. The Labute approximate surface area is 231 Å². The van der Waals surface area contributed by atoms with Gasteiger partial charge in [-0.2, -0.15) is 22.0 Å². The van der Waals surface area contributed by atoms with Gasteiger partial charge in [-0.25, -0.2) is 4.39 Å². The number of alkyl halides is 6. The van der Waals surface area contributed by atoms with E-state index in [1.165, 1.54) is 48.6 Å². The van der Waals surface area contributed by atoms with Gasteiger partial charge in [0.1, 0.15) is 17.9 Å². The molecule has 3 aliphatic heterocycles. The second-order valence-electron chi connectivity index (χ2n) is 11.0. The van der Waals surface area contributed by atoms with Crippen LogP contribution >= 0.6 is 0 Å². The Bertz CT molecular complexity index is 1500. The number of nitrogens with zero attached hydrogens (tertiary/aromatic N) is 5. The van der Waals surface area contributed by atoms with Gasteiger partial charge in [-0.1, -0.05) is 12.1 Å². The predicted octanol–water partition coefficient (Wildman–Crippen LogP) is 5.16. The molecule has 0 saturated carbocycles. The third kappa shape index (κ3) is 4.32. The lowest BCUT2D eigenvalue weighted by Crippen LogP contribution is -2.58. The fraction of sp³-hybridized carbons (Fsp3) is 0.464. The summed E-state index contributed by atoms with van der Waals surface area (Å²) in [6, 6.07) is 7.82. The smallest absolute Gasteiger partial charge is 0.379 e. The van der Waals surface area contributed by atoms with Gasteiger partial charge in [0, 0.05) is 37.4 Å². The standard InChI is InChI=1S/C28H27F6N5O2/c1-16(38-7-6-19(29)11-38)17-8-21-22(23(9-17)28(32,33)34)12-39(24(21)40)20-5-3-4-18(10-20)26(13-41-14-26)27(30,31)25-36-35-15-37(25)2/h3-5,8-10,15-16,19H,6-7,11-14H2,1-2H3/t16-,19+/m1/s1. The first-order valence-corrected chi connectivity index (χ1v) is 13.2. The molecule has 3 aromatic rings. The van der Waals surface area contributed by atoms with Gasteiger partial charge >= 0.3 is 12.1 Å². The van der Waals surface area contributed by atoms with Gasteiger partial charge in [0.15, 0.2) is 0 Å². The minimum Gasteiger partial charge on any atom is -0.379 e. The van der Waals surface area contributed by atoms with Crippen molar-refractivity contribution < 1.29 is 35.9 Å². The van der Waals surface area contributed by atoms with Crippen molar-refractivity contribution >= 4 is 11.6 Å². The quantitative estimate of drug-likeness (QED) is 0.378. The van der Waals surface area contributed by atoms with Crippen molar-refractivity contribution in [3.05, 3.63) is 76.4 Å². The van der Waals surface area contributed by atoms with Gasteiger partial charge in [-0.05, 0) is 54.3 Å². The van der Waals surface area contributed by atoms with Crippen LogP contribution in [-0.4, -0.2) is 58.0 Å². The number of fused-ring (bicyclic) bond motifs is 1. The molecular formula is C28H27F6N5O2. The van der Waals surface area contributed by atoms with Gasteiger partial charge in [0.2, 0.25) is 5.82 Å². The van der Waals surface area contributed by atoms with Gasteiger partial charge in [0.25, 0.3) is 5.91 Å². The summed E-state index contributed by atoms with van der Waals surface area (Å²) in [5, 5.41) is 7.17. The lowest BCUT2D eigenvalue weighted by Gasteiger charge is -2.46. The summed E-state index contributed by atoms with van der Waals surface area (Å²) in [6.45, 7) is 1.19. The largest absolute Gasteiger partial charge is 0.416 e. The first-order valence-electron chi connectivity index (χ1n) is 13.2. The SMILES string of the molecule is C[C@H](c1cc2c(c(C(F)(F)F)c1)CN(c1cccc(C3(C(F)(F)c4nncn4C)COC3)c1)C2=O)N1CC[C@H](F)C1. The van der Waals surface area contributed by atoms with Crippen molar-refractivity contribution in [3.8, 4) is 0 Å². The van der Waals surface area contributed by atoms with E-state index in [1.54, 1.807) is 11.8 Å². The third-order valence-corrected chi connectivity index (χ3v) is 8.56. The van der Waals surface area contributed by atoms with Crippen LogP contribution in [-0.2, 0) is 35.8 Å². The van der Waals surface area contributed by atoms with Crippen molar-refractivity contribution in [1.29, 1.82) is 0 Å². The molecular weight excluding hydrogens is 552 g/mol. The number of anilines is 1. The third-order valence-electron chi connectivity index (χ3n) is 8.56. The number of benzene rings is 2. The summed E-state index contributed by atoms with van der Waals surface area (Å²) in [5.74, 6) is -4.71. The Balaban J connectivity index is 1.37. The van der Waals surface area contributed by atoms with Crippen LogP contribution in [0, 0.1) is 0 Å². The van der Waals surface area contributed by atoms with Crippen LogP contribution < -0.4 is 4.90 Å². The van der Waals surface area contributed by atoms with Crippen LogP contribution in [0.25, 0.3) is 0 Å². The summed E-state index contributed by atoms with van der Waals surface area (Å²) in [6.07, 6.45) is -4.33. The maximum absolute atomic E-state index is 15.9. The second-order valence-corrected chi connectivity index (χ2v) is 11.0. The van der Waals surface area contributed by atoms with Gasteiger partial charge in [-0.3, -0.25) is 9.69 Å². The fourth-order valence-corrected chi connectivity index (χ4v) is 6.03. The molecule has 1 amide bonds. The normalized spacial score (nSPS) is 21.7. The number of carbonyl (C=O) groups is 1. The lowest BCUT2D eigenvalue weighted by molar-refractivity contribution is -0.206. The molecule has 3 aliphatic rings. The molecule has 2 saturated heterocycles. The second kappa shape index (κ2) is 9.55. The van der Waals surface area contributed by atoms with Crippen LogP contribution in [0.1, 0.15) is 57.8 Å². The topological polar surface area (TPSA) is 63.5 Å². The average Bonchev–Trinajstić information content (AvgIpc) is 3.61. The van der Waals surface area contributed by atoms with Crippen molar-refractivity contribution in [1.82, 2.24) is 19.7 Å². The molecule has 0 N–H and O–H groups in total. The monoisotopic (exact) mass is 579 g/mol. The molecule has 13 heteroatoms. The minimum atomic E-state index is -4.74. The van der Waals surface area contributed by atoms with Gasteiger partial charge in [-0.15, -0.1) is 10.2 Å². The molecule has 0 bridgehead atoms. The fourth-order valence-electron chi connectivity index (χ4n) is 6.03. The number of hydrogen-bond donors (Lipinski definition) is 0. The van der Waals surface area contributed by atoms with E-state index in [4.69, 9.17) is 4.74 Å². The van der Waals surface area contributed by atoms with Crippen LogP contribution in [0.3, 0.4) is 0 Å². The summed E-state index contributed by atoms with van der Waals surface area (Å²) < 4.78 is 94.6. The van der Waals surface area contributed by atoms with Crippen LogP contribution in [0.4, 0.5) is 32.0 Å². The molecule has 4 heterocycles. The number of carbonyl (C=O) groups excluding carboxylic acids is 1. The van der Waals surface area contributed by atoms with Crippen LogP contribution in [0.5, 0.6) is 0 Å². The number of likely N-dealkylation sites (tertiary alicyclic amines) is 1. The molecule has 2 atom stereocenters. The van der Waals surface area contributed by atoms with E-state index in [9.17, 15) is 22.4 Å². The Kier molecular flexibility index (Phi) is 6.45. The van der Waals surface area contributed by atoms with Crippen molar-refractivity contribution in [2.24, 2.45) is 7.05 Å². The zero-order valence-electron chi connectivity index (χ0n) is 22.3. The molecule has 0 unspecified atom stereocenters. The lowest BCUT2D eigenvalue weighted by atomic mass is 9.72. The van der Waals surface area contributed by atoms with Crippen LogP contribution in [0.15, 0.2) is 42.7 Å². The minimum absolute atomic E-state index is 0.103. The molecule has 1 aromatic heterocycles. The number of amides is 1. The highest BCUT2D eigenvalue weighted by Crippen LogP contribution is 2.51.